The first kappa shape index (κ1) is 14.9. The van der Waals surface area contributed by atoms with Gasteiger partial charge in [0.15, 0.2) is 0 Å². The maximum atomic E-state index is 5.59. The highest BCUT2D eigenvalue weighted by Crippen LogP contribution is 2.15. The number of nitrogens with zero attached hydrogens (tertiary/aromatic N) is 2. The highest BCUT2D eigenvalue weighted by Gasteiger charge is 2.29. The average molecular weight is 243 g/mol. The van der Waals surface area contributed by atoms with Crippen LogP contribution in [-0.4, -0.2) is 75.4 Å². The maximum absolute atomic E-state index is 5.59. The van der Waals surface area contributed by atoms with E-state index in [2.05, 4.69) is 36.0 Å². The zero-order chi connectivity index (χ0) is 12.9. The second-order valence-corrected chi connectivity index (χ2v) is 5.61. The van der Waals surface area contributed by atoms with E-state index in [1.54, 1.807) is 7.11 Å². The molecule has 1 rings (SSSR count). The minimum absolute atomic E-state index is 0.118. The van der Waals surface area contributed by atoms with Gasteiger partial charge in [-0.05, 0) is 47.5 Å². The van der Waals surface area contributed by atoms with Crippen molar-refractivity contribution < 1.29 is 4.74 Å². The Morgan fingerprint density at radius 1 is 1.24 bits per heavy atom. The first-order valence-electron chi connectivity index (χ1n) is 6.63. The van der Waals surface area contributed by atoms with Gasteiger partial charge < -0.3 is 19.9 Å². The summed E-state index contributed by atoms with van der Waals surface area (Å²) < 4.78 is 5.59. The smallest absolute Gasteiger partial charge is 0.0787 e. The van der Waals surface area contributed by atoms with E-state index in [4.69, 9.17) is 4.74 Å². The summed E-state index contributed by atoms with van der Waals surface area (Å²) in [7, 11) is 6.02. The predicted octanol–water partition coefficient (Wildman–Crippen LogP) is 0.637. The zero-order valence-electron chi connectivity index (χ0n) is 12.1. The molecule has 1 aliphatic rings. The van der Waals surface area contributed by atoms with Crippen LogP contribution in [0.25, 0.3) is 0 Å². The summed E-state index contributed by atoms with van der Waals surface area (Å²) in [6, 6.07) is 0.371. The maximum Gasteiger partial charge on any atom is 0.0787 e. The molecule has 0 aromatic heterocycles. The van der Waals surface area contributed by atoms with Crippen LogP contribution in [0.2, 0.25) is 0 Å². The lowest BCUT2D eigenvalue weighted by atomic mass is 9.98. The topological polar surface area (TPSA) is 27.7 Å². The fourth-order valence-corrected chi connectivity index (χ4v) is 2.34. The molecule has 0 aromatic rings. The van der Waals surface area contributed by atoms with Gasteiger partial charge >= 0.3 is 0 Å². The van der Waals surface area contributed by atoms with Gasteiger partial charge in [0, 0.05) is 32.8 Å². The van der Waals surface area contributed by atoms with Crippen molar-refractivity contribution in [1.29, 1.82) is 0 Å². The van der Waals surface area contributed by atoms with E-state index >= 15 is 0 Å². The second-order valence-electron chi connectivity index (χ2n) is 5.61. The number of hydrogen-bond donors (Lipinski definition) is 1. The molecule has 1 saturated heterocycles. The molecule has 4 heteroatoms. The molecule has 102 valence electrons. The van der Waals surface area contributed by atoms with Crippen molar-refractivity contribution in [1.82, 2.24) is 15.1 Å². The van der Waals surface area contributed by atoms with Crippen molar-refractivity contribution in [2.24, 2.45) is 0 Å². The molecule has 0 amide bonds. The Bertz CT molecular complexity index is 221. The van der Waals surface area contributed by atoms with E-state index in [-0.39, 0.29) is 5.60 Å². The van der Waals surface area contributed by atoms with Crippen LogP contribution in [0.5, 0.6) is 0 Å². The van der Waals surface area contributed by atoms with Gasteiger partial charge in [-0.15, -0.1) is 0 Å². The molecule has 0 aromatic carbocycles. The van der Waals surface area contributed by atoms with Gasteiger partial charge in [-0.2, -0.15) is 0 Å². The minimum atomic E-state index is -0.118. The van der Waals surface area contributed by atoms with Gasteiger partial charge in [-0.1, -0.05) is 0 Å². The molecule has 0 bridgehead atoms. The minimum Gasteiger partial charge on any atom is -0.377 e. The Morgan fingerprint density at radius 3 is 2.53 bits per heavy atom. The van der Waals surface area contributed by atoms with Crippen molar-refractivity contribution in [2.75, 3.05) is 53.9 Å². The van der Waals surface area contributed by atoms with Gasteiger partial charge in [-0.3, -0.25) is 0 Å². The van der Waals surface area contributed by atoms with Crippen molar-refractivity contribution in [3.05, 3.63) is 0 Å². The molecule has 1 N–H and O–H groups in total. The van der Waals surface area contributed by atoms with E-state index in [0.717, 1.165) is 13.1 Å². The Morgan fingerprint density at radius 2 is 1.94 bits per heavy atom. The third-order valence-electron chi connectivity index (χ3n) is 3.97. The molecule has 1 fully saturated rings. The van der Waals surface area contributed by atoms with Crippen LogP contribution < -0.4 is 5.32 Å². The second kappa shape index (κ2) is 6.69. The largest absolute Gasteiger partial charge is 0.377 e. The van der Waals surface area contributed by atoms with Crippen LogP contribution in [0.3, 0.4) is 0 Å². The number of likely N-dealkylation sites (N-methyl/N-ethyl adjacent to an activating group) is 2. The Balaban J connectivity index is 2.50. The van der Waals surface area contributed by atoms with Crippen molar-refractivity contribution in [3.63, 3.8) is 0 Å². The fraction of sp³-hybridized carbons (Fsp3) is 1.00. The summed E-state index contributed by atoms with van der Waals surface area (Å²) in [4.78, 5) is 4.96. The zero-order valence-corrected chi connectivity index (χ0v) is 12.1. The molecule has 1 atom stereocenters. The monoisotopic (exact) mass is 243 g/mol. The predicted molar refractivity (Wildman–Crippen MR) is 72.5 cm³/mol. The van der Waals surface area contributed by atoms with Crippen LogP contribution >= 0.6 is 0 Å². The van der Waals surface area contributed by atoms with Gasteiger partial charge in [0.2, 0.25) is 0 Å². The van der Waals surface area contributed by atoms with E-state index in [1.165, 1.54) is 26.1 Å². The lowest BCUT2D eigenvalue weighted by Gasteiger charge is -2.36. The van der Waals surface area contributed by atoms with Crippen LogP contribution in [-0.2, 0) is 4.74 Å². The number of rotatable bonds is 5. The highest BCUT2D eigenvalue weighted by atomic mass is 16.5. The average Bonchev–Trinajstić information content (AvgIpc) is 2.51. The molecule has 0 radical (unpaired) electrons. The van der Waals surface area contributed by atoms with Gasteiger partial charge in [0.1, 0.15) is 0 Å². The molecule has 1 aliphatic heterocycles. The third kappa shape index (κ3) is 4.54. The molecular formula is C13H29N3O. The standard InChI is InChI=1S/C13H29N3O/c1-13(2,17-5)12(14-3)11-16-8-6-7-15(4)9-10-16/h12,14H,6-11H2,1-5H3. The quantitative estimate of drug-likeness (QED) is 0.767. The molecule has 0 aliphatic carbocycles. The van der Waals surface area contributed by atoms with E-state index in [1.807, 2.05) is 7.05 Å². The number of methoxy groups -OCH3 is 1. The van der Waals surface area contributed by atoms with Crippen LogP contribution in [0, 0.1) is 0 Å². The molecule has 17 heavy (non-hydrogen) atoms. The van der Waals surface area contributed by atoms with E-state index in [0.29, 0.717) is 6.04 Å². The Labute approximate surface area is 106 Å². The van der Waals surface area contributed by atoms with Gasteiger partial charge in [0.05, 0.1) is 5.60 Å². The molecular weight excluding hydrogens is 214 g/mol. The first-order chi connectivity index (χ1) is 7.99. The SMILES string of the molecule is CNC(CN1CCCN(C)CC1)C(C)(C)OC. The molecule has 4 nitrogen and oxygen atoms in total. The summed E-state index contributed by atoms with van der Waals surface area (Å²) in [5, 5.41) is 3.39. The van der Waals surface area contributed by atoms with Crippen LogP contribution in [0.4, 0.5) is 0 Å². The number of hydrogen-bond acceptors (Lipinski definition) is 4. The van der Waals surface area contributed by atoms with Crippen molar-refractivity contribution in [3.8, 4) is 0 Å². The summed E-state index contributed by atoms with van der Waals surface area (Å²) in [6.45, 7) is 10.1. The first-order valence-corrected chi connectivity index (χ1v) is 6.63. The van der Waals surface area contributed by atoms with Gasteiger partial charge in [-0.25, -0.2) is 0 Å². The van der Waals surface area contributed by atoms with Gasteiger partial charge in [0.25, 0.3) is 0 Å². The van der Waals surface area contributed by atoms with Crippen LogP contribution in [0.15, 0.2) is 0 Å². The van der Waals surface area contributed by atoms with E-state index < -0.39 is 0 Å². The lowest BCUT2D eigenvalue weighted by molar-refractivity contribution is -0.0174. The lowest BCUT2D eigenvalue weighted by Crippen LogP contribution is -2.53. The summed E-state index contributed by atoms with van der Waals surface area (Å²) in [5.41, 5.74) is -0.118. The molecule has 0 spiro atoms. The fourth-order valence-electron chi connectivity index (χ4n) is 2.34. The van der Waals surface area contributed by atoms with Crippen molar-refractivity contribution in [2.45, 2.75) is 31.9 Å². The molecule has 1 heterocycles. The summed E-state index contributed by atoms with van der Waals surface area (Å²) >= 11 is 0. The van der Waals surface area contributed by atoms with E-state index in [9.17, 15) is 0 Å². The van der Waals surface area contributed by atoms with Crippen LogP contribution in [0.1, 0.15) is 20.3 Å². The highest BCUT2D eigenvalue weighted by molar-refractivity contribution is 4.87. The normalized spacial score (nSPS) is 22.4. The van der Waals surface area contributed by atoms with Crippen molar-refractivity contribution >= 4 is 0 Å². The third-order valence-corrected chi connectivity index (χ3v) is 3.97. The number of ether oxygens (including phenoxy) is 1. The number of nitrogens with one attached hydrogen (secondary N) is 1. The summed E-state index contributed by atoms with van der Waals surface area (Å²) in [5.74, 6) is 0. The Hall–Kier alpha value is -0.160. The molecule has 1 unspecified atom stereocenters. The summed E-state index contributed by atoms with van der Waals surface area (Å²) in [6.07, 6.45) is 1.26. The molecule has 0 saturated carbocycles. The Kier molecular flexibility index (Phi) is 5.86.